The van der Waals surface area contributed by atoms with Crippen LogP contribution in [0.3, 0.4) is 0 Å². The molecule has 0 fully saturated rings. The summed E-state index contributed by atoms with van der Waals surface area (Å²) in [7, 11) is -3.77. The van der Waals surface area contributed by atoms with Crippen LogP contribution in [0.25, 0.3) is 5.82 Å². The zero-order valence-electron chi connectivity index (χ0n) is 15.7. The van der Waals surface area contributed by atoms with Gasteiger partial charge in [0.15, 0.2) is 0 Å². The van der Waals surface area contributed by atoms with Gasteiger partial charge in [-0.15, -0.1) is 6.42 Å². The number of carbonyl (C=O) groups excluding carboxylic acids is 1. The molecule has 148 valence electrons. The number of aromatic nitrogens is 3. The number of terminal acetylenes is 1. The molecule has 0 aliphatic heterocycles. The molecule has 0 aliphatic rings. The van der Waals surface area contributed by atoms with E-state index in [2.05, 4.69) is 25.9 Å². The Hall–Kier alpha value is -3.48. The molecule has 0 saturated carbocycles. The Bertz CT molecular complexity index is 1180. The van der Waals surface area contributed by atoms with Crippen molar-refractivity contribution < 1.29 is 13.2 Å². The van der Waals surface area contributed by atoms with Crippen molar-refractivity contribution in [1.82, 2.24) is 24.6 Å². The fourth-order valence-corrected chi connectivity index (χ4v) is 3.61. The maximum absolute atomic E-state index is 12.5. The van der Waals surface area contributed by atoms with Crippen molar-refractivity contribution in [2.75, 3.05) is 6.54 Å². The van der Waals surface area contributed by atoms with Crippen LogP contribution in [-0.2, 0) is 16.6 Å². The molecular weight excluding hydrogens is 390 g/mol. The summed E-state index contributed by atoms with van der Waals surface area (Å²) in [6, 6.07) is 9.40. The third-order valence-corrected chi connectivity index (χ3v) is 5.51. The van der Waals surface area contributed by atoms with Gasteiger partial charge >= 0.3 is 0 Å². The maximum Gasteiger partial charge on any atom is 0.251 e. The molecule has 29 heavy (non-hydrogen) atoms. The lowest BCUT2D eigenvalue weighted by molar-refractivity contribution is 0.0950. The second-order valence-electron chi connectivity index (χ2n) is 6.11. The number of hydrogen-bond acceptors (Lipinski definition) is 5. The molecule has 0 atom stereocenters. The van der Waals surface area contributed by atoms with Crippen LogP contribution in [0.5, 0.6) is 0 Å². The highest BCUT2D eigenvalue weighted by molar-refractivity contribution is 7.89. The molecule has 9 heteroatoms. The molecule has 2 heterocycles. The van der Waals surface area contributed by atoms with E-state index in [4.69, 9.17) is 6.42 Å². The molecule has 0 saturated heterocycles. The van der Waals surface area contributed by atoms with E-state index in [1.807, 2.05) is 17.6 Å². The summed E-state index contributed by atoms with van der Waals surface area (Å²) < 4.78 is 28.4. The van der Waals surface area contributed by atoms with Crippen LogP contribution in [0.1, 0.15) is 21.7 Å². The molecule has 0 bridgehead atoms. The minimum atomic E-state index is -3.77. The van der Waals surface area contributed by atoms with Crippen LogP contribution in [0.15, 0.2) is 59.9 Å². The van der Waals surface area contributed by atoms with E-state index in [0.29, 0.717) is 5.82 Å². The van der Waals surface area contributed by atoms with Gasteiger partial charge in [0.1, 0.15) is 11.6 Å². The smallest absolute Gasteiger partial charge is 0.251 e. The lowest BCUT2D eigenvalue weighted by Crippen LogP contribution is -2.26. The summed E-state index contributed by atoms with van der Waals surface area (Å²) in [5, 5.41) is 2.79. The highest BCUT2D eigenvalue weighted by Gasteiger charge is 2.15. The van der Waals surface area contributed by atoms with E-state index in [1.165, 1.54) is 18.2 Å². The molecule has 1 amide bonds. The van der Waals surface area contributed by atoms with Crippen molar-refractivity contribution in [2.45, 2.75) is 18.4 Å². The average Bonchev–Trinajstić information content (AvgIpc) is 3.17. The fourth-order valence-electron chi connectivity index (χ4n) is 2.63. The predicted octanol–water partition coefficient (Wildman–Crippen LogP) is 1.42. The Morgan fingerprint density at radius 2 is 2.03 bits per heavy atom. The topological polar surface area (TPSA) is 106 Å². The zero-order chi connectivity index (χ0) is 20.9. The Balaban J connectivity index is 1.71. The summed E-state index contributed by atoms with van der Waals surface area (Å²) in [4.78, 5) is 20.9. The van der Waals surface area contributed by atoms with Crippen molar-refractivity contribution in [3.8, 4) is 18.2 Å². The Morgan fingerprint density at radius 1 is 1.21 bits per heavy atom. The van der Waals surface area contributed by atoms with E-state index in [9.17, 15) is 13.2 Å². The van der Waals surface area contributed by atoms with E-state index >= 15 is 0 Å². The van der Waals surface area contributed by atoms with Crippen LogP contribution >= 0.6 is 0 Å². The van der Waals surface area contributed by atoms with E-state index < -0.39 is 15.9 Å². The van der Waals surface area contributed by atoms with Gasteiger partial charge in [0, 0.05) is 30.7 Å². The molecule has 2 N–H and O–H groups in total. The van der Waals surface area contributed by atoms with E-state index in [-0.39, 0.29) is 23.5 Å². The number of hydrogen-bond donors (Lipinski definition) is 2. The van der Waals surface area contributed by atoms with Gasteiger partial charge in [0.25, 0.3) is 5.91 Å². The fraction of sp³-hybridized carbons (Fsp3) is 0.150. The predicted molar refractivity (Wildman–Crippen MR) is 108 cm³/mol. The van der Waals surface area contributed by atoms with Gasteiger partial charge in [-0.1, -0.05) is 12.0 Å². The Labute approximate surface area is 169 Å². The number of imidazole rings is 1. The average molecular weight is 409 g/mol. The van der Waals surface area contributed by atoms with Crippen LogP contribution < -0.4 is 10.0 Å². The van der Waals surface area contributed by atoms with Gasteiger partial charge in [-0.3, -0.25) is 9.36 Å². The van der Waals surface area contributed by atoms with E-state index in [1.54, 1.807) is 30.7 Å². The number of sulfonamides is 1. The summed E-state index contributed by atoms with van der Waals surface area (Å²) >= 11 is 0. The Morgan fingerprint density at radius 3 is 2.76 bits per heavy atom. The van der Waals surface area contributed by atoms with Crippen molar-refractivity contribution in [3.63, 3.8) is 0 Å². The van der Waals surface area contributed by atoms with Crippen LogP contribution in [0.2, 0.25) is 0 Å². The third-order valence-electron chi connectivity index (χ3n) is 4.11. The minimum Gasteiger partial charge on any atom is -0.348 e. The standard InChI is InChI=1S/C20H19N5O3S/c1-3-8-24-29(27,28)18-6-4-5-17(13-18)20(26)23-14-16-7-9-22-19(12-16)25-11-10-21-15(25)2/h1,4-7,9-13,24H,8,14H2,2H3,(H,23,26). The second kappa shape index (κ2) is 8.68. The van der Waals surface area contributed by atoms with Gasteiger partial charge in [0.05, 0.1) is 11.4 Å². The number of nitrogens with zero attached hydrogens (tertiary/aromatic N) is 3. The molecule has 3 aromatic rings. The minimum absolute atomic E-state index is 0.0258. The molecule has 2 aromatic heterocycles. The van der Waals surface area contributed by atoms with Crippen molar-refractivity contribution in [3.05, 3.63) is 71.9 Å². The van der Waals surface area contributed by atoms with Crippen molar-refractivity contribution >= 4 is 15.9 Å². The lowest BCUT2D eigenvalue weighted by Gasteiger charge is -2.09. The Kier molecular flexibility index (Phi) is 6.07. The van der Waals surface area contributed by atoms with E-state index in [0.717, 1.165) is 11.4 Å². The molecular formula is C20H19N5O3S. The maximum atomic E-state index is 12.5. The highest BCUT2D eigenvalue weighted by Crippen LogP contribution is 2.13. The lowest BCUT2D eigenvalue weighted by atomic mass is 10.2. The van der Waals surface area contributed by atoms with Crippen LogP contribution in [0, 0.1) is 19.3 Å². The van der Waals surface area contributed by atoms with Crippen molar-refractivity contribution in [1.29, 1.82) is 0 Å². The first-order valence-corrected chi connectivity index (χ1v) is 10.2. The number of aryl methyl sites for hydroxylation is 1. The highest BCUT2D eigenvalue weighted by atomic mass is 32.2. The third kappa shape index (κ3) is 4.87. The molecule has 0 radical (unpaired) electrons. The number of rotatable bonds is 7. The van der Waals surface area contributed by atoms with Gasteiger partial charge in [-0.05, 0) is 42.8 Å². The van der Waals surface area contributed by atoms with Gasteiger partial charge < -0.3 is 5.32 Å². The molecule has 0 unspecified atom stereocenters. The van der Waals surface area contributed by atoms with Crippen LogP contribution in [0.4, 0.5) is 0 Å². The number of nitrogens with one attached hydrogen (secondary N) is 2. The molecule has 8 nitrogen and oxygen atoms in total. The van der Waals surface area contributed by atoms with Crippen LogP contribution in [-0.4, -0.2) is 35.4 Å². The molecule has 0 aliphatic carbocycles. The van der Waals surface area contributed by atoms with Gasteiger partial charge in [-0.25, -0.2) is 18.4 Å². The quantitative estimate of drug-likeness (QED) is 0.574. The number of benzene rings is 1. The first kappa shape index (κ1) is 20.3. The second-order valence-corrected chi connectivity index (χ2v) is 7.87. The summed E-state index contributed by atoms with van der Waals surface area (Å²) in [5.41, 5.74) is 1.07. The molecule has 1 aromatic carbocycles. The van der Waals surface area contributed by atoms with Crippen molar-refractivity contribution in [2.24, 2.45) is 0 Å². The number of carbonyl (C=O) groups is 1. The number of pyridine rings is 1. The molecule has 3 rings (SSSR count). The normalized spacial score (nSPS) is 11.0. The first-order chi connectivity index (χ1) is 13.9. The summed E-state index contributed by atoms with van der Waals surface area (Å²) in [6.45, 7) is 2.00. The summed E-state index contributed by atoms with van der Waals surface area (Å²) in [6.07, 6.45) is 10.2. The SMILES string of the molecule is C#CCNS(=O)(=O)c1cccc(C(=O)NCc2ccnc(-n3ccnc3C)c2)c1. The number of amides is 1. The largest absolute Gasteiger partial charge is 0.348 e. The summed E-state index contributed by atoms with van der Waals surface area (Å²) in [5.74, 6) is 3.31. The molecule has 0 spiro atoms. The monoisotopic (exact) mass is 409 g/mol. The van der Waals surface area contributed by atoms with Gasteiger partial charge in [0.2, 0.25) is 10.0 Å². The van der Waals surface area contributed by atoms with Gasteiger partial charge in [-0.2, -0.15) is 4.72 Å². The first-order valence-electron chi connectivity index (χ1n) is 8.67. The zero-order valence-corrected chi connectivity index (χ0v) is 16.5.